The lowest BCUT2D eigenvalue weighted by Gasteiger charge is -2.25. The predicted molar refractivity (Wildman–Crippen MR) is 105 cm³/mol. The standard InChI is InChI=1S/C21H19NO4S/c1-2-22(18-9-4-3-7-16(18)21(23)24)27(25,26)19-13-12-15-11-10-14-6-5-8-17(19)20(14)15/h3-9,12-13H,2,10-11H2,1H3,(H,23,24). The first kappa shape index (κ1) is 17.5. The highest BCUT2D eigenvalue weighted by atomic mass is 32.2. The quantitative estimate of drug-likeness (QED) is 0.728. The average Bonchev–Trinajstić information content (AvgIpc) is 3.08. The molecular formula is C21H19NO4S. The van der Waals surface area contributed by atoms with Crippen molar-refractivity contribution in [3.05, 3.63) is 71.3 Å². The van der Waals surface area contributed by atoms with Crippen LogP contribution in [0.2, 0.25) is 0 Å². The molecule has 0 unspecified atom stereocenters. The van der Waals surface area contributed by atoms with Gasteiger partial charge in [-0.2, -0.15) is 0 Å². The van der Waals surface area contributed by atoms with E-state index in [1.165, 1.54) is 16.4 Å². The second kappa shape index (κ2) is 6.39. The van der Waals surface area contributed by atoms with Crippen molar-refractivity contribution < 1.29 is 18.3 Å². The third kappa shape index (κ3) is 2.68. The number of anilines is 1. The van der Waals surface area contributed by atoms with Gasteiger partial charge in [0.05, 0.1) is 16.1 Å². The van der Waals surface area contributed by atoms with Gasteiger partial charge in [0.2, 0.25) is 0 Å². The maximum Gasteiger partial charge on any atom is 0.337 e. The van der Waals surface area contributed by atoms with Gasteiger partial charge >= 0.3 is 5.97 Å². The highest BCUT2D eigenvalue weighted by Gasteiger charge is 2.30. The lowest BCUT2D eigenvalue weighted by molar-refractivity contribution is 0.0698. The molecule has 0 spiro atoms. The number of sulfonamides is 1. The Labute approximate surface area is 157 Å². The van der Waals surface area contributed by atoms with Crippen LogP contribution in [0.3, 0.4) is 0 Å². The van der Waals surface area contributed by atoms with E-state index in [0.717, 1.165) is 29.4 Å². The van der Waals surface area contributed by atoms with Crippen LogP contribution in [-0.4, -0.2) is 26.0 Å². The van der Waals surface area contributed by atoms with Gasteiger partial charge in [-0.15, -0.1) is 0 Å². The first-order valence-corrected chi connectivity index (χ1v) is 10.3. The van der Waals surface area contributed by atoms with Crippen LogP contribution in [0.4, 0.5) is 5.69 Å². The number of carboxylic acids is 1. The Kier molecular flexibility index (Phi) is 4.15. The molecule has 6 heteroatoms. The Hall–Kier alpha value is -2.86. The van der Waals surface area contributed by atoms with E-state index in [0.29, 0.717) is 5.39 Å². The van der Waals surface area contributed by atoms with Crippen molar-refractivity contribution in [2.24, 2.45) is 0 Å². The minimum Gasteiger partial charge on any atom is -0.478 e. The molecule has 3 aromatic rings. The van der Waals surface area contributed by atoms with Crippen molar-refractivity contribution in [1.82, 2.24) is 0 Å². The summed E-state index contributed by atoms with van der Waals surface area (Å²) in [5, 5.41) is 11.2. The van der Waals surface area contributed by atoms with Crippen molar-refractivity contribution in [2.45, 2.75) is 24.7 Å². The maximum atomic E-state index is 13.5. The van der Waals surface area contributed by atoms with E-state index in [1.54, 1.807) is 25.1 Å². The molecule has 138 valence electrons. The van der Waals surface area contributed by atoms with Gasteiger partial charge in [0, 0.05) is 11.9 Å². The van der Waals surface area contributed by atoms with Gasteiger partial charge in [-0.1, -0.05) is 36.4 Å². The van der Waals surface area contributed by atoms with Gasteiger partial charge in [0.1, 0.15) is 0 Å². The monoisotopic (exact) mass is 381 g/mol. The largest absolute Gasteiger partial charge is 0.478 e. The molecule has 0 aromatic heterocycles. The number of hydrogen-bond donors (Lipinski definition) is 1. The molecule has 0 bridgehead atoms. The number of aromatic carboxylic acids is 1. The van der Waals surface area contributed by atoms with E-state index in [1.807, 2.05) is 24.3 Å². The SMILES string of the molecule is CCN(c1ccccc1C(=O)O)S(=O)(=O)c1ccc2c3c(cccc13)CC2. The van der Waals surface area contributed by atoms with E-state index in [9.17, 15) is 18.3 Å². The molecule has 5 nitrogen and oxygen atoms in total. The maximum absolute atomic E-state index is 13.5. The number of carboxylic acid groups (broad SMARTS) is 1. The number of para-hydroxylation sites is 1. The molecular weight excluding hydrogens is 362 g/mol. The number of rotatable bonds is 5. The molecule has 3 aromatic carbocycles. The molecule has 0 radical (unpaired) electrons. The van der Waals surface area contributed by atoms with Crippen molar-refractivity contribution in [1.29, 1.82) is 0 Å². The summed E-state index contributed by atoms with van der Waals surface area (Å²) in [6.45, 7) is 1.84. The van der Waals surface area contributed by atoms with Gasteiger partial charge < -0.3 is 5.11 Å². The summed E-state index contributed by atoms with van der Waals surface area (Å²) in [4.78, 5) is 11.8. The second-order valence-electron chi connectivity index (χ2n) is 6.55. The Morgan fingerprint density at radius 2 is 1.70 bits per heavy atom. The zero-order chi connectivity index (χ0) is 19.2. The molecule has 1 N–H and O–H groups in total. The Bertz CT molecular complexity index is 1160. The molecule has 0 saturated carbocycles. The number of hydrogen-bond acceptors (Lipinski definition) is 3. The normalized spacial score (nSPS) is 13.1. The number of nitrogens with zero attached hydrogens (tertiary/aromatic N) is 1. The van der Waals surface area contributed by atoms with E-state index in [2.05, 4.69) is 0 Å². The van der Waals surface area contributed by atoms with Gasteiger partial charge in [-0.25, -0.2) is 13.2 Å². The first-order chi connectivity index (χ1) is 12.9. The third-order valence-corrected chi connectivity index (χ3v) is 7.04. The highest BCUT2D eigenvalue weighted by molar-refractivity contribution is 7.93. The average molecular weight is 381 g/mol. The van der Waals surface area contributed by atoms with Crippen molar-refractivity contribution in [2.75, 3.05) is 10.8 Å². The predicted octanol–water partition coefficient (Wildman–Crippen LogP) is 3.85. The molecule has 1 aliphatic rings. The van der Waals surface area contributed by atoms with Crippen molar-refractivity contribution in [3.8, 4) is 0 Å². The zero-order valence-electron chi connectivity index (χ0n) is 14.8. The lowest BCUT2D eigenvalue weighted by atomic mass is 10.1. The number of benzene rings is 3. The van der Waals surface area contributed by atoms with Gasteiger partial charge in [0.15, 0.2) is 0 Å². The summed E-state index contributed by atoms with van der Waals surface area (Å²) in [6, 6.07) is 15.5. The van der Waals surface area contributed by atoms with Gasteiger partial charge in [-0.3, -0.25) is 4.31 Å². The van der Waals surface area contributed by atoms with Crippen LogP contribution in [0.5, 0.6) is 0 Å². The molecule has 0 aliphatic heterocycles. The van der Waals surface area contributed by atoms with Crippen LogP contribution >= 0.6 is 0 Å². The molecule has 0 atom stereocenters. The minimum atomic E-state index is -3.92. The van der Waals surface area contributed by atoms with Crippen LogP contribution in [0.15, 0.2) is 59.5 Å². The number of carbonyl (C=O) groups is 1. The first-order valence-electron chi connectivity index (χ1n) is 8.83. The molecule has 4 rings (SSSR count). The minimum absolute atomic E-state index is 0.0335. The fourth-order valence-electron chi connectivity index (χ4n) is 3.91. The molecule has 0 fully saturated rings. The Balaban J connectivity index is 1.94. The smallest absolute Gasteiger partial charge is 0.337 e. The zero-order valence-corrected chi connectivity index (χ0v) is 15.7. The van der Waals surface area contributed by atoms with E-state index in [4.69, 9.17) is 0 Å². The number of aryl methyl sites for hydroxylation is 2. The van der Waals surface area contributed by atoms with Crippen molar-refractivity contribution >= 4 is 32.5 Å². The summed E-state index contributed by atoms with van der Waals surface area (Å²) >= 11 is 0. The van der Waals surface area contributed by atoms with Crippen LogP contribution in [0.1, 0.15) is 28.4 Å². The summed E-state index contributed by atoms with van der Waals surface area (Å²) in [5.74, 6) is -1.15. The lowest BCUT2D eigenvalue weighted by Crippen LogP contribution is -2.32. The fraction of sp³-hybridized carbons (Fsp3) is 0.190. The summed E-state index contributed by atoms with van der Waals surface area (Å²) < 4.78 is 28.2. The third-order valence-electron chi connectivity index (χ3n) is 5.10. The molecule has 0 saturated heterocycles. The van der Waals surface area contributed by atoms with E-state index >= 15 is 0 Å². The highest BCUT2D eigenvalue weighted by Crippen LogP contribution is 2.37. The van der Waals surface area contributed by atoms with E-state index < -0.39 is 16.0 Å². The summed E-state index contributed by atoms with van der Waals surface area (Å²) in [5.41, 5.74) is 2.46. The summed E-state index contributed by atoms with van der Waals surface area (Å²) in [7, 11) is -3.92. The van der Waals surface area contributed by atoms with Crippen LogP contribution < -0.4 is 4.31 Å². The summed E-state index contributed by atoms with van der Waals surface area (Å²) in [6.07, 6.45) is 1.82. The Morgan fingerprint density at radius 3 is 2.41 bits per heavy atom. The van der Waals surface area contributed by atoms with Gasteiger partial charge in [0.25, 0.3) is 10.0 Å². The second-order valence-corrected chi connectivity index (χ2v) is 8.39. The van der Waals surface area contributed by atoms with Gasteiger partial charge in [-0.05, 0) is 54.5 Å². The topological polar surface area (TPSA) is 74.7 Å². The fourth-order valence-corrected chi connectivity index (χ4v) is 5.59. The van der Waals surface area contributed by atoms with E-state index in [-0.39, 0.29) is 22.7 Å². The molecule has 0 heterocycles. The molecule has 27 heavy (non-hydrogen) atoms. The Morgan fingerprint density at radius 1 is 1.00 bits per heavy atom. The molecule has 1 aliphatic carbocycles. The van der Waals surface area contributed by atoms with Crippen LogP contribution in [0, 0.1) is 0 Å². The van der Waals surface area contributed by atoms with Crippen LogP contribution in [-0.2, 0) is 22.9 Å². The molecule has 0 amide bonds. The van der Waals surface area contributed by atoms with Crippen LogP contribution in [0.25, 0.3) is 10.8 Å². The van der Waals surface area contributed by atoms with Crippen molar-refractivity contribution in [3.63, 3.8) is 0 Å².